The number of benzene rings is 1. The summed E-state index contributed by atoms with van der Waals surface area (Å²) in [5.41, 5.74) is 0.0889. The fraction of sp³-hybridized carbons (Fsp3) is 0.231. The Labute approximate surface area is 113 Å². The third-order valence-corrected chi connectivity index (χ3v) is 3.47. The number of hydrogen-bond donors (Lipinski definition) is 0. The molecule has 2 rings (SSSR count). The highest BCUT2D eigenvalue weighted by molar-refractivity contribution is 7.21. The van der Waals surface area contributed by atoms with E-state index in [4.69, 9.17) is 4.74 Å². The largest absolute Gasteiger partial charge is 0.461 e. The first kappa shape index (κ1) is 13.5. The molecule has 0 aliphatic rings. The number of ether oxygens (including phenoxy) is 1. The summed E-state index contributed by atoms with van der Waals surface area (Å²) in [5.74, 6) is -0.876. The van der Waals surface area contributed by atoms with Crippen LogP contribution in [-0.2, 0) is 14.4 Å². The minimum atomic E-state index is -0.559. The number of rotatable bonds is 4. The number of carbonyl (C=O) groups is 1. The minimum absolute atomic E-state index is 0.0889. The zero-order valence-corrected chi connectivity index (χ0v) is 11.3. The molecule has 6 heteroatoms. The number of fused-ring (bicyclic) bond motifs is 1. The Morgan fingerprint density at radius 3 is 2.89 bits per heavy atom. The van der Waals surface area contributed by atoms with Gasteiger partial charge in [-0.15, -0.1) is 11.3 Å². The van der Waals surface area contributed by atoms with Gasteiger partial charge < -0.3 is 9.57 Å². The molecule has 1 heterocycles. The summed E-state index contributed by atoms with van der Waals surface area (Å²) in [5, 5.41) is 4.53. The summed E-state index contributed by atoms with van der Waals surface area (Å²) in [4.78, 5) is 17.0. The van der Waals surface area contributed by atoms with E-state index in [1.165, 1.54) is 30.6 Å². The van der Waals surface area contributed by atoms with Crippen LogP contribution in [0.2, 0.25) is 0 Å². The van der Waals surface area contributed by atoms with Crippen LogP contribution in [0, 0.1) is 5.82 Å². The predicted molar refractivity (Wildman–Crippen MR) is 72.0 cm³/mol. The van der Waals surface area contributed by atoms with Crippen molar-refractivity contribution in [2.45, 2.75) is 6.92 Å². The maximum absolute atomic E-state index is 13.1. The van der Waals surface area contributed by atoms with E-state index < -0.39 is 5.97 Å². The first-order valence-corrected chi connectivity index (χ1v) is 6.45. The van der Waals surface area contributed by atoms with Crippen LogP contribution < -0.4 is 0 Å². The Bertz CT molecular complexity index is 636. The van der Waals surface area contributed by atoms with Gasteiger partial charge in [0.1, 0.15) is 12.9 Å². The van der Waals surface area contributed by atoms with Crippen LogP contribution in [0.3, 0.4) is 0 Å². The fourth-order valence-electron chi connectivity index (χ4n) is 1.60. The van der Waals surface area contributed by atoms with Crippen molar-refractivity contribution in [3.05, 3.63) is 35.0 Å². The molecule has 0 aliphatic heterocycles. The van der Waals surface area contributed by atoms with E-state index in [2.05, 4.69) is 9.99 Å². The summed E-state index contributed by atoms with van der Waals surface area (Å²) in [6.45, 7) is 1.96. The van der Waals surface area contributed by atoms with Crippen molar-refractivity contribution in [2.24, 2.45) is 5.16 Å². The SMILES string of the molecule is CCOC(=O)/C(=N/OC)c1cc2ccc(F)cc2s1. The Kier molecular flexibility index (Phi) is 4.11. The van der Waals surface area contributed by atoms with Gasteiger partial charge >= 0.3 is 5.97 Å². The average molecular weight is 281 g/mol. The zero-order valence-electron chi connectivity index (χ0n) is 10.5. The summed E-state index contributed by atoms with van der Waals surface area (Å²) in [6.07, 6.45) is 0. The molecule has 0 atom stereocenters. The lowest BCUT2D eigenvalue weighted by atomic mass is 10.2. The lowest BCUT2D eigenvalue weighted by molar-refractivity contribution is -0.135. The normalized spacial score (nSPS) is 11.6. The van der Waals surface area contributed by atoms with Crippen LogP contribution >= 0.6 is 11.3 Å². The minimum Gasteiger partial charge on any atom is -0.461 e. The highest BCUT2D eigenvalue weighted by Gasteiger charge is 2.19. The predicted octanol–water partition coefficient (Wildman–Crippen LogP) is 2.95. The molecular formula is C13H12FNO3S. The molecule has 0 spiro atoms. The summed E-state index contributed by atoms with van der Waals surface area (Å²) in [7, 11) is 1.35. The second kappa shape index (κ2) is 5.79. The van der Waals surface area contributed by atoms with Gasteiger partial charge in [0.25, 0.3) is 0 Å². The Morgan fingerprint density at radius 1 is 1.42 bits per heavy atom. The van der Waals surface area contributed by atoms with E-state index in [1.807, 2.05) is 0 Å². The monoisotopic (exact) mass is 281 g/mol. The second-order valence-electron chi connectivity index (χ2n) is 3.64. The van der Waals surface area contributed by atoms with Gasteiger partial charge in [-0.3, -0.25) is 0 Å². The standard InChI is InChI=1S/C13H12FNO3S/c1-3-18-13(16)12(15-17-2)11-6-8-4-5-9(14)7-10(8)19-11/h4-7H,3H2,1-2H3/b15-12+. The van der Waals surface area contributed by atoms with Crippen LogP contribution in [0.25, 0.3) is 10.1 Å². The molecule has 0 bridgehead atoms. The molecule has 0 fully saturated rings. The highest BCUT2D eigenvalue weighted by Crippen LogP contribution is 2.27. The van der Waals surface area contributed by atoms with Crippen LogP contribution in [-0.4, -0.2) is 25.4 Å². The Morgan fingerprint density at radius 2 is 2.21 bits per heavy atom. The van der Waals surface area contributed by atoms with Gasteiger partial charge in [-0.25, -0.2) is 9.18 Å². The molecule has 19 heavy (non-hydrogen) atoms. The van der Waals surface area contributed by atoms with E-state index in [0.717, 1.165) is 10.1 Å². The molecular weight excluding hydrogens is 269 g/mol. The van der Waals surface area contributed by atoms with E-state index in [1.54, 1.807) is 19.1 Å². The van der Waals surface area contributed by atoms with Crippen molar-refractivity contribution in [1.29, 1.82) is 0 Å². The van der Waals surface area contributed by atoms with Crippen molar-refractivity contribution in [2.75, 3.05) is 13.7 Å². The molecule has 0 radical (unpaired) electrons. The molecule has 1 aromatic carbocycles. The van der Waals surface area contributed by atoms with Gasteiger partial charge in [0, 0.05) is 4.70 Å². The van der Waals surface area contributed by atoms with E-state index in [0.29, 0.717) is 4.88 Å². The van der Waals surface area contributed by atoms with E-state index >= 15 is 0 Å². The first-order chi connectivity index (χ1) is 9.15. The third-order valence-electron chi connectivity index (χ3n) is 2.37. The molecule has 0 saturated heterocycles. The number of thiophene rings is 1. The topological polar surface area (TPSA) is 47.9 Å². The number of carbonyl (C=O) groups excluding carboxylic acids is 1. The van der Waals surface area contributed by atoms with E-state index in [9.17, 15) is 9.18 Å². The molecule has 1 aromatic heterocycles. The number of oxime groups is 1. The maximum atomic E-state index is 13.1. The lowest BCUT2D eigenvalue weighted by Crippen LogP contribution is -2.18. The zero-order chi connectivity index (χ0) is 13.8. The summed E-state index contributed by atoms with van der Waals surface area (Å²) < 4.78 is 18.8. The van der Waals surface area contributed by atoms with Gasteiger partial charge in [0.2, 0.25) is 5.71 Å². The van der Waals surface area contributed by atoms with Gasteiger partial charge in [-0.2, -0.15) is 0 Å². The fourth-order valence-corrected chi connectivity index (χ4v) is 2.65. The van der Waals surface area contributed by atoms with Crippen LogP contribution in [0.1, 0.15) is 11.8 Å². The van der Waals surface area contributed by atoms with Crippen molar-refractivity contribution in [1.82, 2.24) is 0 Å². The number of esters is 1. The van der Waals surface area contributed by atoms with Crippen LogP contribution in [0.4, 0.5) is 4.39 Å². The lowest BCUT2D eigenvalue weighted by Gasteiger charge is -2.02. The molecule has 0 amide bonds. The van der Waals surface area contributed by atoms with Crippen LogP contribution in [0.5, 0.6) is 0 Å². The van der Waals surface area contributed by atoms with E-state index in [-0.39, 0.29) is 18.1 Å². The van der Waals surface area contributed by atoms with Gasteiger partial charge in [-0.1, -0.05) is 11.2 Å². The average Bonchev–Trinajstić information content (AvgIpc) is 2.78. The Hall–Kier alpha value is -1.95. The van der Waals surface area contributed by atoms with Crippen molar-refractivity contribution in [3.63, 3.8) is 0 Å². The number of nitrogens with zero attached hydrogens (tertiary/aromatic N) is 1. The van der Waals surface area contributed by atoms with Gasteiger partial charge in [0.05, 0.1) is 11.5 Å². The third kappa shape index (κ3) is 2.90. The van der Waals surface area contributed by atoms with Crippen molar-refractivity contribution < 1.29 is 18.8 Å². The molecule has 0 N–H and O–H groups in total. The molecule has 2 aromatic rings. The summed E-state index contributed by atoms with van der Waals surface area (Å²) in [6, 6.07) is 6.20. The summed E-state index contributed by atoms with van der Waals surface area (Å²) >= 11 is 1.26. The smallest absolute Gasteiger partial charge is 0.361 e. The highest BCUT2D eigenvalue weighted by atomic mass is 32.1. The molecule has 0 unspecified atom stereocenters. The quantitative estimate of drug-likeness (QED) is 0.492. The number of hydrogen-bond acceptors (Lipinski definition) is 5. The molecule has 100 valence electrons. The van der Waals surface area contributed by atoms with Gasteiger partial charge in [-0.05, 0) is 30.5 Å². The molecule has 0 aliphatic carbocycles. The maximum Gasteiger partial charge on any atom is 0.361 e. The first-order valence-electron chi connectivity index (χ1n) is 5.63. The van der Waals surface area contributed by atoms with Crippen molar-refractivity contribution in [3.8, 4) is 0 Å². The van der Waals surface area contributed by atoms with Crippen molar-refractivity contribution >= 4 is 33.1 Å². The Balaban J connectivity index is 2.45. The van der Waals surface area contributed by atoms with Gasteiger partial charge in [0.15, 0.2) is 0 Å². The molecule has 4 nitrogen and oxygen atoms in total. The van der Waals surface area contributed by atoms with Crippen LogP contribution in [0.15, 0.2) is 29.4 Å². The molecule has 0 saturated carbocycles. The number of halogens is 1. The second-order valence-corrected chi connectivity index (χ2v) is 4.72.